The first-order valence-corrected chi connectivity index (χ1v) is 4.85. The standard InChI is InChI=1S/C11H14N2O2/c1-6-7(2)15-8(3)10(6)11-13-9(4-12)5-14-11/h5H,4,12H2,1-3H3. The van der Waals surface area contributed by atoms with Gasteiger partial charge in [-0.1, -0.05) is 0 Å². The number of nitrogens with two attached hydrogens (primary N) is 1. The summed E-state index contributed by atoms with van der Waals surface area (Å²) < 4.78 is 10.9. The van der Waals surface area contributed by atoms with E-state index in [0.717, 1.165) is 28.3 Å². The molecule has 0 aromatic carbocycles. The summed E-state index contributed by atoms with van der Waals surface area (Å²) >= 11 is 0. The van der Waals surface area contributed by atoms with Gasteiger partial charge >= 0.3 is 0 Å². The van der Waals surface area contributed by atoms with Crippen molar-refractivity contribution >= 4 is 0 Å². The van der Waals surface area contributed by atoms with E-state index in [0.29, 0.717) is 12.4 Å². The van der Waals surface area contributed by atoms with E-state index in [4.69, 9.17) is 14.6 Å². The molecule has 0 amide bonds. The molecule has 4 heteroatoms. The minimum absolute atomic E-state index is 0.387. The van der Waals surface area contributed by atoms with Crippen LogP contribution in [-0.4, -0.2) is 4.98 Å². The third-order valence-electron chi connectivity index (χ3n) is 2.54. The van der Waals surface area contributed by atoms with E-state index in [1.54, 1.807) is 6.26 Å². The summed E-state index contributed by atoms with van der Waals surface area (Å²) in [5.74, 6) is 2.31. The van der Waals surface area contributed by atoms with Crippen LogP contribution in [0.4, 0.5) is 0 Å². The Bertz CT molecular complexity index is 483. The Morgan fingerprint density at radius 2 is 2.00 bits per heavy atom. The van der Waals surface area contributed by atoms with E-state index in [9.17, 15) is 0 Å². The third-order valence-corrected chi connectivity index (χ3v) is 2.54. The molecule has 0 bridgehead atoms. The summed E-state index contributed by atoms with van der Waals surface area (Å²) in [5.41, 5.74) is 8.23. The molecule has 0 unspecified atom stereocenters. The van der Waals surface area contributed by atoms with Crippen LogP contribution in [-0.2, 0) is 6.54 Å². The number of aryl methyl sites for hydroxylation is 2. The minimum Gasteiger partial charge on any atom is -0.466 e. The molecular formula is C11H14N2O2. The normalized spacial score (nSPS) is 10.9. The van der Waals surface area contributed by atoms with Crippen LogP contribution >= 0.6 is 0 Å². The van der Waals surface area contributed by atoms with Crippen LogP contribution in [0.3, 0.4) is 0 Å². The van der Waals surface area contributed by atoms with Gasteiger partial charge in [0.2, 0.25) is 5.89 Å². The zero-order valence-electron chi connectivity index (χ0n) is 9.13. The van der Waals surface area contributed by atoms with Crippen molar-refractivity contribution in [2.75, 3.05) is 0 Å². The molecule has 80 valence electrons. The average molecular weight is 206 g/mol. The Labute approximate surface area is 88.1 Å². The Kier molecular flexibility index (Phi) is 2.36. The molecule has 2 aromatic rings. The lowest BCUT2D eigenvalue weighted by molar-refractivity contribution is 0.501. The molecular weight excluding hydrogens is 192 g/mol. The molecule has 0 aliphatic heterocycles. The number of hydrogen-bond donors (Lipinski definition) is 1. The van der Waals surface area contributed by atoms with Crippen LogP contribution in [0.25, 0.3) is 11.5 Å². The van der Waals surface area contributed by atoms with Gasteiger partial charge in [-0.2, -0.15) is 0 Å². The highest BCUT2D eigenvalue weighted by Gasteiger charge is 2.17. The molecule has 0 spiro atoms. The Balaban J connectivity index is 2.53. The van der Waals surface area contributed by atoms with Gasteiger partial charge in [-0.05, 0) is 20.8 Å². The SMILES string of the molecule is Cc1oc(C)c(-c2nc(CN)co2)c1C. The van der Waals surface area contributed by atoms with E-state index in [-0.39, 0.29) is 0 Å². The van der Waals surface area contributed by atoms with Crippen LogP contribution in [0.1, 0.15) is 22.8 Å². The monoisotopic (exact) mass is 206 g/mol. The van der Waals surface area contributed by atoms with Gasteiger partial charge in [0.15, 0.2) is 0 Å². The first-order valence-electron chi connectivity index (χ1n) is 4.85. The summed E-state index contributed by atoms with van der Waals surface area (Å²) in [6.45, 7) is 6.21. The van der Waals surface area contributed by atoms with Gasteiger partial charge in [-0.15, -0.1) is 0 Å². The fourth-order valence-electron chi connectivity index (χ4n) is 1.62. The second-order valence-corrected chi connectivity index (χ2v) is 3.56. The lowest BCUT2D eigenvalue weighted by Gasteiger charge is -1.93. The maximum atomic E-state index is 5.51. The Morgan fingerprint density at radius 3 is 2.47 bits per heavy atom. The summed E-state index contributed by atoms with van der Waals surface area (Å²) in [6, 6.07) is 0. The molecule has 2 rings (SSSR count). The van der Waals surface area contributed by atoms with Crippen LogP contribution in [0.5, 0.6) is 0 Å². The van der Waals surface area contributed by atoms with Gasteiger partial charge in [0, 0.05) is 12.1 Å². The van der Waals surface area contributed by atoms with Crippen molar-refractivity contribution in [3.63, 3.8) is 0 Å². The average Bonchev–Trinajstić information content (AvgIpc) is 2.74. The molecule has 0 radical (unpaired) electrons. The quantitative estimate of drug-likeness (QED) is 0.818. The predicted molar refractivity (Wildman–Crippen MR) is 56.3 cm³/mol. The first kappa shape index (κ1) is 9.98. The largest absolute Gasteiger partial charge is 0.466 e. The highest BCUT2D eigenvalue weighted by molar-refractivity contribution is 5.62. The minimum atomic E-state index is 0.387. The van der Waals surface area contributed by atoms with E-state index >= 15 is 0 Å². The number of aromatic nitrogens is 1. The number of hydrogen-bond acceptors (Lipinski definition) is 4. The predicted octanol–water partition coefficient (Wildman–Crippen LogP) is 2.32. The summed E-state index contributed by atoms with van der Waals surface area (Å²) in [6.07, 6.45) is 1.58. The van der Waals surface area contributed by atoms with E-state index in [1.165, 1.54) is 0 Å². The van der Waals surface area contributed by atoms with Crippen LogP contribution < -0.4 is 5.73 Å². The number of furan rings is 1. The summed E-state index contributed by atoms with van der Waals surface area (Å²) in [5, 5.41) is 0. The van der Waals surface area contributed by atoms with Gasteiger partial charge in [-0.3, -0.25) is 0 Å². The second kappa shape index (κ2) is 3.55. The van der Waals surface area contributed by atoms with Crippen LogP contribution in [0, 0.1) is 20.8 Å². The van der Waals surface area contributed by atoms with Crippen molar-refractivity contribution in [3.05, 3.63) is 29.0 Å². The van der Waals surface area contributed by atoms with Crippen molar-refractivity contribution in [2.24, 2.45) is 5.73 Å². The van der Waals surface area contributed by atoms with Crippen LogP contribution in [0.2, 0.25) is 0 Å². The first-order chi connectivity index (χ1) is 7.13. The molecule has 15 heavy (non-hydrogen) atoms. The number of nitrogens with zero attached hydrogens (tertiary/aromatic N) is 1. The van der Waals surface area contributed by atoms with Crippen molar-refractivity contribution in [1.82, 2.24) is 4.98 Å². The molecule has 0 saturated heterocycles. The van der Waals surface area contributed by atoms with Gasteiger partial charge in [0.1, 0.15) is 17.8 Å². The molecule has 4 nitrogen and oxygen atoms in total. The van der Waals surface area contributed by atoms with Gasteiger partial charge < -0.3 is 14.6 Å². The Hall–Kier alpha value is -1.55. The van der Waals surface area contributed by atoms with Gasteiger partial charge in [0.05, 0.1) is 11.3 Å². The van der Waals surface area contributed by atoms with Crippen molar-refractivity contribution in [1.29, 1.82) is 0 Å². The van der Waals surface area contributed by atoms with Crippen molar-refractivity contribution in [3.8, 4) is 11.5 Å². The molecule has 0 aliphatic carbocycles. The number of oxazole rings is 1. The fraction of sp³-hybridized carbons (Fsp3) is 0.364. The van der Waals surface area contributed by atoms with Crippen molar-refractivity contribution < 1.29 is 8.83 Å². The van der Waals surface area contributed by atoms with Crippen LogP contribution in [0.15, 0.2) is 15.1 Å². The zero-order chi connectivity index (χ0) is 11.0. The fourth-order valence-corrected chi connectivity index (χ4v) is 1.62. The second-order valence-electron chi connectivity index (χ2n) is 3.56. The van der Waals surface area contributed by atoms with Crippen molar-refractivity contribution in [2.45, 2.75) is 27.3 Å². The Morgan fingerprint density at radius 1 is 1.27 bits per heavy atom. The third kappa shape index (κ3) is 1.57. The summed E-state index contributed by atoms with van der Waals surface area (Å²) in [4.78, 5) is 4.28. The molecule has 2 aromatic heterocycles. The van der Waals surface area contributed by atoms with E-state index < -0.39 is 0 Å². The summed E-state index contributed by atoms with van der Waals surface area (Å²) in [7, 11) is 0. The molecule has 2 heterocycles. The number of rotatable bonds is 2. The highest BCUT2D eigenvalue weighted by atomic mass is 16.4. The van der Waals surface area contributed by atoms with Gasteiger partial charge in [-0.25, -0.2) is 4.98 Å². The highest BCUT2D eigenvalue weighted by Crippen LogP contribution is 2.30. The lowest BCUT2D eigenvalue weighted by atomic mass is 10.1. The molecule has 0 saturated carbocycles. The maximum Gasteiger partial charge on any atom is 0.230 e. The lowest BCUT2D eigenvalue weighted by Crippen LogP contribution is -1.95. The maximum absolute atomic E-state index is 5.51. The smallest absolute Gasteiger partial charge is 0.230 e. The van der Waals surface area contributed by atoms with E-state index in [1.807, 2.05) is 20.8 Å². The topological polar surface area (TPSA) is 65.2 Å². The molecule has 0 atom stereocenters. The molecule has 0 fully saturated rings. The van der Waals surface area contributed by atoms with Gasteiger partial charge in [0.25, 0.3) is 0 Å². The zero-order valence-corrected chi connectivity index (χ0v) is 9.13. The molecule has 2 N–H and O–H groups in total. The van der Waals surface area contributed by atoms with E-state index in [2.05, 4.69) is 4.98 Å². The molecule has 0 aliphatic rings.